The lowest BCUT2D eigenvalue weighted by Gasteiger charge is -2.39. The van der Waals surface area contributed by atoms with Gasteiger partial charge in [0.15, 0.2) is 0 Å². The SMILES string of the molecule is CC1CC(=O)CC(C)(C)N1[O]. The molecular formula is C8H14NO2. The molecule has 63 valence electrons. The summed E-state index contributed by atoms with van der Waals surface area (Å²) in [6, 6.07) is -0.147. The van der Waals surface area contributed by atoms with Gasteiger partial charge in [0.05, 0.1) is 5.54 Å². The first kappa shape index (κ1) is 8.68. The van der Waals surface area contributed by atoms with Crippen molar-refractivity contribution in [1.29, 1.82) is 0 Å². The maximum absolute atomic E-state index is 11.4. The third-order valence-electron chi connectivity index (χ3n) is 2.15. The molecule has 1 radical (unpaired) electrons. The number of piperidine rings is 1. The summed E-state index contributed by atoms with van der Waals surface area (Å²) < 4.78 is 0. The number of hydrogen-bond acceptors (Lipinski definition) is 2. The van der Waals surface area contributed by atoms with Crippen LogP contribution in [0.25, 0.3) is 0 Å². The normalized spacial score (nSPS) is 32.4. The van der Waals surface area contributed by atoms with Gasteiger partial charge in [0.2, 0.25) is 0 Å². The van der Waals surface area contributed by atoms with E-state index in [1.165, 1.54) is 0 Å². The average molecular weight is 156 g/mol. The fourth-order valence-corrected chi connectivity index (χ4v) is 1.64. The molecule has 0 spiro atoms. The van der Waals surface area contributed by atoms with Crippen molar-refractivity contribution in [2.45, 2.75) is 45.2 Å². The summed E-state index contributed by atoms with van der Waals surface area (Å²) in [5, 5.41) is 12.4. The molecule has 3 heteroatoms. The zero-order valence-electron chi connectivity index (χ0n) is 7.26. The Hall–Kier alpha value is -0.410. The van der Waals surface area contributed by atoms with Crippen LogP contribution in [0.5, 0.6) is 0 Å². The van der Waals surface area contributed by atoms with Gasteiger partial charge in [-0.05, 0) is 20.8 Å². The predicted molar refractivity (Wildman–Crippen MR) is 40.3 cm³/mol. The fraction of sp³-hybridized carbons (Fsp3) is 0.875. The first-order valence-electron chi connectivity index (χ1n) is 3.91. The van der Waals surface area contributed by atoms with Gasteiger partial charge >= 0.3 is 0 Å². The number of carbonyl (C=O) groups excluding carboxylic acids is 1. The number of rotatable bonds is 0. The quantitative estimate of drug-likeness (QED) is 0.528. The molecule has 0 amide bonds. The van der Waals surface area contributed by atoms with Gasteiger partial charge in [-0.1, -0.05) is 0 Å². The van der Waals surface area contributed by atoms with E-state index in [-0.39, 0.29) is 11.8 Å². The third kappa shape index (κ3) is 1.60. The number of hydroxylamine groups is 2. The molecule has 1 fully saturated rings. The Bertz CT molecular complexity index is 177. The lowest BCUT2D eigenvalue weighted by molar-refractivity contribution is -0.250. The lowest BCUT2D eigenvalue weighted by Crippen LogP contribution is -2.51. The molecule has 0 saturated carbocycles. The van der Waals surface area contributed by atoms with E-state index in [9.17, 15) is 10.0 Å². The summed E-state index contributed by atoms with van der Waals surface area (Å²) in [6.45, 7) is 5.42. The van der Waals surface area contributed by atoms with Crippen LogP contribution >= 0.6 is 0 Å². The summed E-state index contributed by atoms with van der Waals surface area (Å²) in [5.74, 6) is 0.203. The Morgan fingerprint density at radius 2 is 2.09 bits per heavy atom. The molecule has 11 heavy (non-hydrogen) atoms. The van der Waals surface area contributed by atoms with E-state index in [2.05, 4.69) is 0 Å². The summed E-state index contributed by atoms with van der Waals surface area (Å²) in [4.78, 5) is 11.1. The van der Waals surface area contributed by atoms with Crippen molar-refractivity contribution in [3.05, 3.63) is 0 Å². The van der Waals surface area contributed by atoms with E-state index < -0.39 is 5.54 Å². The molecular weight excluding hydrogens is 142 g/mol. The second-order valence-corrected chi connectivity index (χ2v) is 3.91. The molecule has 0 aromatic rings. The standard InChI is InChI=1S/C8H14NO2/c1-6-4-7(10)5-8(2,3)9(6)11/h6H,4-5H2,1-3H3. The highest BCUT2D eigenvalue weighted by Gasteiger charge is 2.38. The van der Waals surface area contributed by atoms with Crippen LogP contribution in [0.1, 0.15) is 33.6 Å². The van der Waals surface area contributed by atoms with E-state index >= 15 is 0 Å². The minimum atomic E-state index is -0.491. The zero-order chi connectivity index (χ0) is 8.65. The van der Waals surface area contributed by atoms with Gasteiger partial charge in [-0.15, -0.1) is 10.3 Å². The van der Waals surface area contributed by atoms with Crippen LogP contribution in [0, 0.1) is 0 Å². The maximum atomic E-state index is 11.4. The molecule has 1 saturated heterocycles. The van der Waals surface area contributed by atoms with Crippen molar-refractivity contribution < 1.29 is 10.0 Å². The van der Waals surface area contributed by atoms with Gasteiger partial charge in [-0.25, -0.2) is 0 Å². The van der Waals surface area contributed by atoms with Gasteiger partial charge in [0.1, 0.15) is 5.78 Å². The monoisotopic (exact) mass is 156 g/mol. The highest BCUT2D eigenvalue weighted by molar-refractivity contribution is 5.80. The van der Waals surface area contributed by atoms with Crippen LogP contribution < -0.4 is 0 Å². The molecule has 1 rings (SSSR count). The Morgan fingerprint density at radius 1 is 1.55 bits per heavy atom. The van der Waals surface area contributed by atoms with Gasteiger partial charge in [-0.2, -0.15) is 0 Å². The number of Topliss-reactive ketones (excluding diaryl/α,β-unsaturated/α-hetero) is 1. The smallest absolute Gasteiger partial charge is 0.136 e. The number of hydrogen-bond donors (Lipinski definition) is 0. The van der Waals surface area contributed by atoms with E-state index in [0.717, 1.165) is 5.06 Å². The first-order valence-corrected chi connectivity index (χ1v) is 3.91. The highest BCUT2D eigenvalue weighted by Crippen LogP contribution is 2.27. The van der Waals surface area contributed by atoms with Crippen LogP contribution in [-0.2, 0) is 10.0 Å². The molecule has 0 bridgehead atoms. The maximum Gasteiger partial charge on any atom is 0.136 e. The molecule has 1 heterocycles. The molecule has 1 atom stereocenters. The van der Waals surface area contributed by atoms with Gasteiger partial charge in [-0.3, -0.25) is 4.79 Å². The molecule has 1 unspecified atom stereocenters. The van der Waals surface area contributed by atoms with Crippen molar-refractivity contribution in [3.63, 3.8) is 0 Å². The van der Waals surface area contributed by atoms with Crippen molar-refractivity contribution in [2.75, 3.05) is 0 Å². The summed E-state index contributed by atoms with van der Waals surface area (Å²) >= 11 is 0. The predicted octanol–water partition coefficient (Wildman–Crippen LogP) is 1.16. The van der Waals surface area contributed by atoms with Crippen LogP contribution in [0.4, 0.5) is 0 Å². The lowest BCUT2D eigenvalue weighted by atomic mass is 9.88. The van der Waals surface area contributed by atoms with Gasteiger partial charge in [0, 0.05) is 18.9 Å². The van der Waals surface area contributed by atoms with Gasteiger partial charge in [0.25, 0.3) is 0 Å². The van der Waals surface area contributed by atoms with Gasteiger partial charge < -0.3 is 0 Å². The van der Waals surface area contributed by atoms with E-state index in [4.69, 9.17) is 0 Å². The molecule has 3 nitrogen and oxygen atoms in total. The minimum absolute atomic E-state index is 0.147. The second-order valence-electron chi connectivity index (χ2n) is 3.91. The van der Waals surface area contributed by atoms with E-state index in [1.807, 2.05) is 13.8 Å². The number of nitrogens with zero attached hydrogens (tertiary/aromatic N) is 1. The first-order chi connectivity index (χ1) is 4.93. The Labute approximate surface area is 67.0 Å². The molecule has 0 N–H and O–H groups in total. The summed E-state index contributed by atoms with van der Waals surface area (Å²) in [5.41, 5.74) is -0.491. The molecule has 1 aliphatic heterocycles. The topological polar surface area (TPSA) is 40.2 Å². The summed E-state index contributed by atoms with van der Waals surface area (Å²) in [7, 11) is 0. The summed E-state index contributed by atoms with van der Waals surface area (Å²) in [6.07, 6.45) is 0.799. The minimum Gasteiger partial charge on any atom is -0.300 e. The molecule has 0 aliphatic carbocycles. The highest BCUT2D eigenvalue weighted by atomic mass is 16.5. The molecule has 0 aromatic heterocycles. The Kier molecular flexibility index (Phi) is 2.03. The molecule has 1 aliphatic rings. The third-order valence-corrected chi connectivity index (χ3v) is 2.15. The van der Waals surface area contributed by atoms with Crippen LogP contribution in [0.15, 0.2) is 0 Å². The average Bonchev–Trinajstić information content (AvgIpc) is 1.81. The zero-order valence-corrected chi connectivity index (χ0v) is 7.26. The number of ketones is 1. The van der Waals surface area contributed by atoms with Crippen LogP contribution in [-0.4, -0.2) is 22.4 Å². The Balaban J connectivity index is 2.75. The Morgan fingerprint density at radius 3 is 2.55 bits per heavy atom. The van der Waals surface area contributed by atoms with E-state index in [0.29, 0.717) is 12.8 Å². The van der Waals surface area contributed by atoms with Crippen molar-refractivity contribution >= 4 is 5.78 Å². The van der Waals surface area contributed by atoms with E-state index in [1.54, 1.807) is 6.92 Å². The van der Waals surface area contributed by atoms with Crippen molar-refractivity contribution in [2.24, 2.45) is 0 Å². The second kappa shape index (κ2) is 2.57. The van der Waals surface area contributed by atoms with Crippen LogP contribution in [0.2, 0.25) is 0 Å². The van der Waals surface area contributed by atoms with Crippen molar-refractivity contribution in [3.8, 4) is 0 Å². The van der Waals surface area contributed by atoms with Crippen molar-refractivity contribution in [1.82, 2.24) is 5.06 Å². The fourth-order valence-electron chi connectivity index (χ4n) is 1.64. The molecule has 0 aromatic carbocycles. The number of carbonyl (C=O) groups is 1. The largest absolute Gasteiger partial charge is 0.300 e. The van der Waals surface area contributed by atoms with Crippen LogP contribution in [0.3, 0.4) is 0 Å².